The molecule has 4 aliphatic carbocycles. The standard InChI is InChI=1S/C26H43NO3/c1-18-11-20-14-21(12-18)16-25(15-20)30-29-24-6-3-5-22(17-24)26-8-7-23(13-19(26)2)28-10-4-9-27/h7-8,13,18-22,24-26H,3-6,9-12,14-17,27H2,1-2H3/t18?,19?,20?,21?,22?,24-,25?,26?/m1/s1. The van der Waals surface area contributed by atoms with Crippen molar-refractivity contribution in [2.75, 3.05) is 13.2 Å². The average molecular weight is 418 g/mol. The molecular weight excluding hydrogens is 374 g/mol. The van der Waals surface area contributed by atoms with E-state index in [1.54, 1.807) is 0 Å². The Labute approximate surface area is 183 Å². The van der Waals surface area contributed by atoms with Crippen molar-refractivity contribution >= 4 is 0 Å². The van der Waals surface area contributed by atoms with Gasteiger partial charge in [-0.2, -0.15) is 0 Å². The fourth-order valence-electron chi connectivity index (χ4n) is 6.74. The second kappa shape index (κ2) is 10.7. The molecule has 5 unspecified atom stereocenters. The van der Waals surface area contributed by atoms with Gasteiger partial charge in [0.1, 0.15) is 5.76 Å². The summed E-state index contributed by atoms with van der Waals surface area (Å²) in [4.78, 5) is 12.1. The smallest absolute Gasteiger partial charge is 0.115 e. The van der Waals surface area contributed by atoms with Crippen molar-refractivity contribution in [3.05, 3.63) is 24.0 Å². The zero-order valence-electron chi connectivity index (χ0n) is 19.1. The van der Waals surface area contributed by atoms with Crippen LogP contribution in [0, 0.1) is 35.5 Å². The van der Waals surface area contributed by atoms with E-state index >= 15 is 0 Å². The van der Waals surface area contributed by atoms with E-state index in [4.69, 9.17) is 20.2 Å². The first-order valence-corrected chi connectivity index (χ1v) is 12.7. The highest BCUT2D eigenvalue weighted by Gasteiger charge is 2.37. The lowest BCUT2D eigenvalue weighted by atomic mass is 9.68. The van der Waals surface area contributed by atoms with Gasteiger partial charge in [-0.25, -0.2) is 9.78 Å². The maximum absolute atomic E-state index is 6.08. The molecule has 4 aliphatic rings. The summed E-state index contributed by atoms with van der Waals surface area (Å²) < 4.78 is 5.84. The molecule has 30 heavy (non-hydrogen) atoms. The highest BCUT2D eigenvalue weighted by molar-refractivity contribution is 5.21. The van der Waals surface area contributed by atoms with Crippen LogP contribution in [-0.4, -0.2) is 25.4 Å². The molecule has 0 radical (unpaired) electrons. The van der Waals surface area contributed by atoms with Crippen LogP contribution >= 0.6 is 0 Å². The van der Waals surface area contributed by atoms with Crippen molar-refractivity contribution in [2.45, 2.75) is 90.3 Å². The molecular formula is C26H43NO3. The summed E-state index contributed by atoms with van der Waals surface area (Å²) in [7, 11) is 0. The van der Waals surface area contributed by atoms with Crippen molar-refractivity contribution in [1.82, 2.24) is 0 Å². The van der Waals surface area contributed by atoms with Gasteiger partial charge in [-0.05, 0) is 112 Å². The van der Waals surface area contributed by atoms with Gasteiger partial charge >= 0.3 is 0 Å². The molecule has 2 N–H and O–H groups in total. The van der Waals surface area contributed by atoms with Crippen LogP contribution in [0.5, 0.6) is 0 Å². The molecule has 0 amide bonds. The number of ether oxygens (including phenoxy) is 1. The summed E-state index contributed by atoms with van der Waals surface area (Å²) in [5, 5.41) is 0. The topological polar surface area (TPSA) is 53.7 Å². The number of nitrogens with two attached hydrogens (primary N) is 1. The first kappa shape index (κ1) is 22.4. The third kappa shape index (κ3) is 5.89. The van der Waals surface area contributed by atoms with Crippen LogP contribution in [0.4, 0.5) is 0 Å². The average Bonchev–Trinajstić information content (AvgIpc) is 2.72. The largest absolute Gasteiger partial charge is 0.494 e. The molecule has 2 bridgehead atoms. The molecule has 0 aromatic rings. The second-order valence-corrected chi connectivity index (χ2v) is 10.7. The van der Waals surface area contributed by atoms with E-state index in [-0.39, 0.29) is 6.10 Å². The minimum atomic E-state index is 0.260. The van der Waals surface area contributed by atoms with E-state index in [0.29, 0.717) is 37.0 Å². The third-order valence-electron chi connectivity index (χ3n) is 8.00. The fourth-order valence-corrected chi connectivity index (χ4v) is 6.74. The van der Waals surface area contributed by atoms with Crippen molar-refractivity contribution in [1.29, 1.82) is 0 Å². The Balaban J connectivity index is 1.23. The van der Waals surface area contributed by atoms with Gasteiger partial charge in [0.2, 0.25) is 0 Å². The summed E-state index contributed by atoms with van der Waals surface area (Å²) in [6.45, 7) is 6.14. The predicted molar refractivity (Wildman–Crippen MR) is 120 cm³/mol. The summed E-state index contributed by atoms with van der Waals surface area (Å²) in [5.74, 6) is 5.40. The van der Waals surface area contributed by atoms with Crippen molar-refractivity contribution in [3.63, 3.8) is 0 Å². The van der Waals surface area contributed by atoms with Crippen LogP contribution in [0.1, 0.15) is 78.1 Å². The van der Waals surface area contributed by atoms with Crippen LogP contribution in [0.25, 0.3) is 0 Å². The lowest BCUT2D eigenvalue weighted by Gasteiger charge is -2.41. The second-order valence-electron chi connectivity index (χ2n) is 10.7. The van der Waals surface area contributed by atoms with Crippen molar-refractivity contribution in [3.8, 4) is 0 Å². The first-order valence-electron chi connectivity index (χ1n) is 12.7. The van der Waals surface area contributed by atoms with E-state index in [1.165, 1.54) is 44.9 Å². The molecule has 4 rings (SSSR count). The molecule has 0 spiro atoms. The van der Waals surface area contributed by atoms with Crippen LogP contribution in [0.3, 0.4) is 0 Å². The zero-order chi connectivity index (χ0) is 20.9. The van der Waals surface area contributed by atoms with Gasteiger partial charge in [0.25, 0.3) is 0 Å². The highest BCUT2D eigenvalue weighted by Crippen LogP contribution is 2.44. The van der Waals surface area contributed by atoms with Gasteiger partial charge < -0.3 is 10.5 Å². The normalized spacial score (nSPS) is 41.4. The molecule has 0 aromatic carbocycles. The Bertz CT molecular complexity index is 585. The monoisotopic (exact) mass is 417 g/mol. The van der Waals surface area contributed by atoms with E-state index in [1.807, 2.05) is 0 Å². The van der Waals surface area contributed by atoms with E-state index < -0.39 is 0 Å². The predicted octanol–water partition coefficient (Wildman–Crippen LogP) is 5.78. The molecule has 0 aliphatic heterocycles. The van der Waals surface area contributed by atoms with Gasteiger partial charge in [0.05, 0.1) is 18.8 Å². The van der Waals surface area contributed by atoms with Gasteiger partial charge in [0, 0.05) is 0 Å². The molecule has 0 aromatic heterocycles. The summed E-state index contributed by atoms with van der Waals surface area (Å²) >= 11 is 0. The van der Waals surface area contributed by atoms with Gasteiger partial charge in [-0.3, -0.25) is 0 Å². The van der Waals surface area contributed by atoms with Crippen LogP contribution < -0.4 is 5.73 Å². The summed E-state index contributed by atoms with van der Waals surface area (Å²) in [6.07, 6.45) is 19.7. The zero-order valence-corrected chi connectivity index (χ0v) is 19.1. The van der Waals surface area contributed by atoms with Crippen LogP contribution in [0.2, 0.25) is 0 Å². The van der Waals surface area contributed by atoms with Crippen LogP contribution in [-0.2, 0) is 14.5 Å². The minimum absolute atomic E-state index is 0.260. The number of rotatable bonds is 8. The molecule has 0 heterocycles. The number of hydrogen-bond acceptors (Lipinski definition) is 4. The summed E-state index contributed by atoms with van der Waals surface area (Å²) in [6, 6.07) is 0. The van der Waals surface area contributed by atoms with Gasteiger partial charge in [0.15, 0.2) is 0 Å². The summed E-state index contributed by atoms with van der Waals surface area (Å²) in [5.41, 5.74) is 5.57. The molecule has 3 saturated carbocycles. The fraction of sp³-hybridized carbons (Fsp3) is 0.846. The maximum Gasteiger partial charge on any atom is 0.115 e. The molecule has 6 atom stereocenters. The molecule has 4 heteroatoms. The number of hydrogen-bond donors (Lipinski definition) is 1. The number of allylic oxidation sites excluding steroid dienone is 3. The van der Waals surface area contributed by atoms with Gasteiger partial charge in [-0.15, -0.1) is 0 Å². The quantitative estimate of drug-likeness (QED) is 0.309. The van der Waals surface area contributed by atoms with Crippen LogP contribution in [0.15, 0.2) is 24.0 Å². The third-order valence-corrected chi connectivity index (χ3v) is 8.00. The van der Waals surface area contributed by atoms with E-state index in [0.717, 1.165) is 42.8 Å². The lowest BCUT2D eigenvalue weighted by molar-refractivity contribution is -0.364. The van der Waals surface area contributed by atoms with Crippen molar-refractivity contribution < 1.29 is 14.5 Å². The highest BCUT2D eigenvalue weighted by atomic mass is 17.2. The Morgan fingerprint density at radius 1 is 0.933 bits per heavy atom. The van der Waals surface area contributed by atoms with Gasteiger partial charge in [-0.1, -0.05) is 26.3 Å². The lowest BCUT2D eigenvalue weighted by Crippen LogP contribution is -2.36. The van der Waals surface area contributed by atoms with E-state index in [2.05, 4.69) is 32.1 Å². The Morgan fingerprint density at radius 2 is 1.70 bits per heavy atom. The number of fused-ring (bicyclic) bond motifs is 2. The maximum atomic E-state index is 6.08. The first-order chi connectivity index (χ1) is 14.6. The SMILES string of the molecule is CC1CC2CC(C1)CC(OO[C@@H]1CCCC(C3C=CC(OCCCN)=CC3C)C1)C2. The Morgan fingerprint density at radius 3 is 2.43 bits per heavy atom. The molecule has 170 valence electrons. The minimum Gasteiger partial charge on any atom is -0.494 e. The molecule has 0 saturated heterocycles. The Kier molecular flexibility index (Phi) is 7.94. The van der Waals surface area contributed by atoms with Crippen molar-refractivity contribution in [2.24, 2.45) is 41.2 Å². The van der Waals surface area contributed by atoms with E-state index in [9.17, 15) is 0 Å². The Hall–Kier alpha value is -0.840. The molecule has 4 nitrogen and oxygen atoms in total. The molecule has 3 fully saturated rings.